The molecule has 3 N–H and O–H groups in total. The summed E-state index contributed by atoms with van der Waals surface area (Å²) >= 11 is 5.62. The molecule has 0 atom stereocenters. The Hall–Kier alpha value is -1.82. The van der Waals surface area contributed by atoms with Gasteiger partial charge >= 0.3 is 12.0 Å². The third-order valence-corrected chi connectivity index (χ3v) is 3.94. The lowest BCUT2D eigenvalue weighted by molar-refractivity contribution is -0.150. The van der Waals surface area contributed by atoms with E-state index in [1.807, 2.05) is 0 Å². The fraction of sp³-hybridized carbons (Fsp3) is 0.429. The van der Waals surface area contributed by atoms with Gasteiger partial charge in [-0.2, -0.15) is 0 Å². The number of rotatable bonds is 4. The van der Waals surface area contributed by atoms with Crippen LogP contribution in [-0.4, -0.2) is 22.6 Å². The largest absolute Gasteiger partial charge is 0.481 e. The molecule has 5 nitrogen and oxygen atoms in total. The number of benzene rings is 1. The third-order valence-electron chi connectivity index (χ3n) is 3.70. The van der Waals surface area contributed by atoms with Gasteiger partial charge < -0.3 is 15.7 Å². The third kappa shape index (κ3) is 3.85. The van der Waals surface area contributed by atoms with E-state index in [0.717, 1.165) is 6.07 Å². The fourth-order valence-electron chi connectivity index (χ4n) is 1.45. The molecule has 0 heterocycles. The predicted octanol–water partition coefficient (Wildman–Crippen LogP) is 3.49. The number of carboxylic acids is 1. The van der Waals surface area contributed by atoms with Gasteiger partial charge in [0.1, 0.15) is 5.82 Å². The van der Waals surface area contributed by atoms with Crippen molar-refractivity contribution in [3.05, 3.63) is 29.0 Å². The molecule has 0 aromatic heterocycles. The van der Waals surface area contributed by atoms with E-state index in [9.17, 15) is 19.1 Å². The van der Waals surface area contributed by atoms with Gasteiger partial charge in [0.05, 0.1) is 16.6 Å². The molecule has 0 bridgehead atoms. The van der Waals surface area contributed by atoms with Crippen LogP contribution >= 0.6 is 11.6 Å². The van der Waals surface area contributed by atoms with Crippen molar-refractivity contribution >= 4 is 29.3 Å². The molecule has 1 aromatic carbocycles. The monoisotopic (exact) mass is 316 g/mol. The van der Waals surface area contributed by atoms with Crippen molar-refractivity contribution in [1.82, 2.24) is 5.32 Å². The molecule has 21 heavy (non-hydrogen) atoms. The van der Waals surface area contributed by atoms with Crippen LogP contribution in [0.2, 0.25) is 5.02 Å². The molecule has 1 rings (SSSR count). The lowest BCUT2D eigenvalue weighted by atomic mass is 9.74. The highest BCUT2D eigenvalue weighted by Gasteiger charge is 2.44. The molecule has 0 saturated carbocycles. The second kappa shape index (κ2) is 5.89. The van der Waals surface area contributed by atoms with Gasteiger partial charge in [0.15, 0.2) is 0 Å². The number of nitrogens with one attached hydrogen (secondary N) is 2. The summed E-state index contributed by atoms with van der Waals surface area (Å²) < 4.78 is 13.6. The lowest BCUT2D eigenvalue weighted by Crippen LogP contribution is -2.57. The molecule has 0 aliphatic rings. The molecular weight excluding hydrogens is 299 g/mol. The van der Waals surface area contributed by atoms with E-state index >= 15 is 0 Å². The Bertz CT molecular complexity index is 573. The molecule has 0 saturated heterocycles. The van der Waals surface area contributed by atoms with Crippen LogP contribution in [0.25, 0.3) is 0 Å². The SMILES string of the molecule is CC(C)(NC(=O)Nc1ccc(Cl)cc1F)C(C)(C)C(=O)O. The van der Waals surface area contributed by atoms with Crippen molar-refractivity contribution < 1.29 is 19.1 Å². The van der Waals surface area contributed by atoms with Gasteiger partial charge in [-0.3, -0.25) is 4.79 Å². The predicted molar refractivity (Wildman–Crippen MR) is 79.1 cm³/mol. The number of halogens is 2. The lowest BCUT2D eigenvalue weighted by Gasteiger charge is -2.38. The summed E-state index contributed by atoms with van der Waals surface area (Å²) in [5, 5.41) is 14.3. The minimum absolute atomic E-state index is 0.0409. The van der Waals surface area contributed by atoms with Crippen LogP contribution < -0.4 is 10.6 Å². The molecule has 2 amide bonds. The first-order valence-corrected chi connectivity index (χ1v) is 6.63. The second-order valence-corrected chi connectivity index (χ2v) is 6.19. The van der Waals surface area contributed by atoms with Gasteiger partial charge in [-0.15, -0.1) is 0 Å². The van der Waals surface area contributed by atoms with Crippen molar-refractivity contribution in [3.8, 4) is 0 Å². The van der Waals surface area contributed by atoms with E-state index in [0.29, 0.717) is 0 Å². The highest BCUT2D eigenvalue weighted by molar-refractivity contribution is 6.30. The van der Waals surface area contributed by atoms with E-state index in [2.05, 4.69) is 10.6 Å². The summed E-state index contributed by atoms with van der Waals surface area (Å²) in [4.78, 5) is 23.2. The quantitative estimate of drug-likeness (QED) is 0.795. The van der Waals surface area contributed by atoms with Crippen molar-refractivity contribution in [1.29, 1.82) is 0 Å². The Morgan fingerprint density at radius 1 is 1.24 bits per heavy atom. The molecule has 0 fully saturated rings. The van der Waals surface area contributed by atoms with Crippen molar-refractivity contribution in [2.75, 3.05) is 5.32 Å². The summed E-state index contributed by atoms with van der Waals surface area (Å²) in [6.07, 6.45) is 0. The molecule has 0 spiro atoms. The van der Waals surface area contributed by atoms with Gasteiger partial charge in [0.25, 0.3) is 0 Å². The van der Waals surface area contributed by atoms with Crippen LogP contribution in [-0.2, 0) is 4.79 Å². The van der Waals surface area contributed by atoms with Gasteiger partial charge in [-0.25, -0.2) is 9.18 Å². The minimum Gasteiger partial charge on any atom is -0.481 e. The van der Waals surface area contributed by atoms with E-state index in [1.165, 1.54) is 26.0 Å². The molecule has 1 aromatic rings. The Morgan fingerprint density at radius 3 is 2.29 bits per heavy atom. The van der Waals surface area contributed by atoms with Crippen molar-refractivity contribution in [2.24, 2.45) is 5.41 Å². The fourth-order valence-corrected chi connectivity index (χ4v) is 1.61. The average Bonchev–Trinajstić information content (AvgIpc) is 2.31. The van der Waals surface area contributed by atoms with Crippen LogP contribution in [0.1, 0.15) is 27.7 Å². The zero-order valence-corrected chi connectivity index (χ0v) is 13.0. The van der Waals surface area contributed by atoms with Crippen molar-refractivity contribution in [3.63, 3.8) is 0 Å². The summed E-state index contributed by atoms with van der Waals surface area (Å²) in [6.45, 7) is 6.16. The Kier molecular flexibility index (Phi) is 4.83. The molecular formula is C14H18ClFN2O3. The first-order chi connectivity index (χ1) is 9.47. The smallest absolute Gasteiger partial charge is 0.319 e. The van der Waals surface area contributed by atoms with Crippen LogP contribution in [0.4, 0.5) is 14.9 Å². The van der Waals surface area contributed by atoms with Crippen LogP contribution in [0.3, 0.4) is 0 Å². The maximum atomic E-state index is 13.6. The highest BCUT2D eigenvalue weighted by atomic mass is 35.5. The summed E-state index contributed by atoms with van der Waals surface area (Å²) in [5.41, 5.74) is -2.30. The van der Waals surface area contributed by atoms with E-state index in [4.69, 9.17) is 11.6 Å². The maximum absolute atomic E-state index is 13.6. The topological polar surface area (TPSA) is 78.4 Å². The van der Waals surface area contributed by atoms with E-state index < -0.39 is 28.8 Å². The Balaban J connectivity index is 2.84. The molecule has 116 valence electrons. The van der Waals surface area contributed by atoms with Gasteiger partial charge in [0, 0.05) is 5.02 Å². The number of hydrogen-bond acceptors (Lipinski definition) is 2. The number of anilines is 1. The molecule has 0 aliphatic heterocycles. The number of carbonyl (C=O) groups excluding carboxylic acids is 1. The van der Waals surface area contributed by atoms with Gasteiger partial charge in [-0.1, -0.05) is 11.6 Å². The normalized spacial score (nSPS) is 11.9. The minimum atomic E-state index is -1.21. The first kappa shape index (κ1) is 17.2. The molecule has 0 radical (unpaired) electrons. The summed E-state index contributed by atoms with van der Waals surface area (Å²) in [6, 6.07) is 3.14. The maximum Gasteiger partial charge on any atom is 0.319 e. The molecule has 0 aliphatic carbocycles. The summed E-state index contributed by atoms with van der Waals surface area (Å²) in [5.74, 6) is -1.72. The first-order valence-electron chi connectivity index (χ1n) is 6.25. The zero-order valence-electron chi connectivity index (χ0n) is 12.3. The number of carbonyl (C=O) groups is 2. The number of hydrogen-bond donors (Lipinski definition) is 3. The van der Waals surface area contributed by atoms with Crippen LogP contribution in [0.5, 0.6) is 0 Å². The summed E-state index contributed by atoms with van der Waals surface area (Å²) in [7, 11) is 0. The van der Waals surface area contributed by atoms with E-state index in [1.54, 1.807) is 13.8 Å². The van der Waals surface area contributed by atoms with Crippen LogP contribution in [0.15, 0.2) is 18.2 Å². The van der Waals surface area contributed by atoms with Crippen molar-refractivity contribution in [2.45, 2.75) is 33.2 Å². The number of urea groups is 1. The number of aliphatic carboxylic acids is 1. The molecule has 0 unspecified atom stereocenters. The zero-order chi connectivity index (χ0) is 16.4. The number of carboxylic acid groups (broad SMARTS) is 1. The highest BCUT2D eigenvalue weighted by Crippen LogP contribution is 2.30. The second-order valence-electron chi connectivity index (χ2n) is 5.76. The average molecular weight is 317 g/mol. The standard InChI is InChI=1S/C14H18ClFN2O3/c1-13(2,11(19)20)14(3,4)18-12(21)17-10-6-5-8(15)7-9(10)16/h5-7H,1-4H3,(H,19,20)(H2,17,18,21). The van der Waals surface area contributed by atoms with Crippen LogP contribution in [0, 0.1) is 11.2 Å². The Morgan fingerprint density at radius 2 is 1.81 bits per heavy atom. The Labute approximate surface area is 127 Å². The van der Waals surface area contributed by atoms with E-state index in [-0.39, 0.29) is 10.7 Å². The van der Waals surface area contributed by atoms with Gasteiger partial charge in [-0.05, 0) is 45.9 Å². The van der Waals surface area contributed by atoms with Gasteiger partial charge in [0.2, 0.25) is 0 Å². The molecule has 7 heteroatoms. The number of amides is 2.